The van der Waals surface area contributed by atoms with E-state index in [9.17, 15) is 4.79 Å². The molecule has 0 saturated carbocycles. The van der Waals surface area contributed by atoms with Crippen LogP contribution in [0, 0.1) is 6.92 Å². The highest BCUT2D eigenvalue weighted by molar-refractivity contribution is 6.36. The van der Waals surface area contributed by atoms with Crippen LogP contribution in [-0.4, -0.2) is 52.1 Å². The smallest absolute Gasteiger partial charge is 0.227 e. The molecule has 0 spiro atoms. The Balaban J connectivity index is 1.51. The van der Waals surface area contributed by atoms with Crippen molar-refractivity contribution in [1.82, 2.24) is 20.0 Å². The highest BCUT2D eigenvalue weighted by Gasteiger charge is 2.23. The van der Waals surface area contributed by atoms with Gasteiger partial charge in [-0.3, -0.25) is 4.79 Å². The van der Waals surface area contributed by atoms with Crippen molar-refractivity contribution in [2.24, 2.45) is 0 Å². The summed E-state index contributed by atoms with van der Waals surface area (Å²) in [4.78, 5) is 24.6. The third-order valence-corrected chi connectivity index (χ3v) is 4.33. The van der Waals surface area contributed by atoms with Crippen LogP contribution in [0.3, 0.4) is 0 Å². The van der Waals surface area contributed by atoms with Gasteiger partial charge in [-0.1, -0.05) is 28.4 Å². The lowest BCUT2D eigenvalue weighted by Gasteiger charge is -2.35. The summed E-state index contributed by atoms with van der Waals surface area (Å²) < 4.78 is 5.03. The summed E-state index contributed by atoms with van der Waals surface area (Å²) >= 11 is 12.1. The van der Waals surface area contributed by atoms with Gasteiger partial charge in [-0.05, 0) is 13.0 Å². The summed E-state index contributed by atoms with van der Waals surface area (Å²) in [5, 5.41) is 4.75. The van der Waals surface area contributed by atoms with Gasteiger partial charge in [-0.15, -0.1) is 0 Å². The topological polar surface area (TPSA) is 75.4 Å². The zero-order valence-electron chi connectivity index (χ0n) is 13.2. The fourth-order valence-electron chi connectivity index (χ4n) is 2.62. The van der Waals surface area contributed by atoms with Crippen LogP contribution in [0.25, 0.3) is 0 Å². The Labute approximate surface area is 149 Å². The molecule has 7 nitrogen and oxygen atoms in total. The fraction of sp³-hybridized carbons (Fsp3) is 0.467. The minimum absolute atomic E-state index is 0.0839. The number of halogens is 2. The molecule has 1 aliphatic heterocycles. The van der Waals surface area contributed by atoms with Crippen molar-refractivity contribution in [3.05, 3.63) is 34.0 Å². The Kier molecular flexibility index (Phi) is 5.20. The molecular weight excluding hydrogens is 353 g/mol. The Morgan fingerprint density at radius 1 is 1.29 bits per heavy atom. The zero-order chi connectivity index (χ0) is 17.1. The van der Waals surface area contributed by atoms with Crippen LogP contribution in [0.4, 0.5) is 5.82 Å². The van der Waals surface area contributed by atoms with E-state index < -0.39 is 0 Å². The third-order valence-electron chi connectivity index (χ3n) is 3.84. The number of hydrogen-bond donors (Lipinski definition) is 0. The molecule has 1 fully saturated rings. The quantitative estimate of drug-likeness (QED) is 0.823. The number of anilines is 1. The van der Waals surface area contributed by atoms with E-state index in [0.717, 1.165) is 0 Å². The molecule has 0 aliphatic carbocycles. The first kappa shape index (κ1) is 17.0. The monoisotopic (exact) mass is 369 g/mol. The van der Waals surface area contributed by atoms with Gasteiger partial charge in [0.25, 0.3) is 0 Å². The number of aryl methyl sites for hydroxylation is 2. The predicted octanol–water partition coefficient (Wildman–Crippen LogP) is 2.36. The van der Waals surface area contributed by atoms with Crippen molar-refractivity contribution in [2.45, 2.75) is 19.8 Å². The van der Waals surface area contributed by atoms with Gasteiger partial charge < -0.3 is 14.3 Å². The van der Waals surface area contributed by atoms with E-state index in [1.54, 1.807) is 19.2 Å². The highest BCUT2D eigenvalue weighted by Crippen LogP contribution is 2.26. The number of aromatic nitrogens is 3. The number of rotatable bonds is 4. The van der Waals surface area contributed by atoms with Crippen molar-refractivity contribution in [3.8, 4) is 0 Å². The molecule has 24 heavy (non-hydrogen) atoms. The van der Waals surface area contributed by atoms with Crippen LogP contribution in [0.5, 0.6) is 0 Å². The molecule has 0 unspecified atom stereocenters. The summed E-state index contributed by atoms with van der Waals surface area (Å²) in [6.45, 7) is 4.37. The summed E-state index contributed by atoms with van der Waals surface area (Å²) in [6, 6.07) is 1.68. The SMILES string of the molecule is Cc1noc(CCC(=O)N2CCN(c3ncc(Cl)cc3Cl)CC2)n1. The second kappa shape index (κ2) is 7.36. The maximum Gasteiger partial charge on any atom is 0.227 e. The number of amides is 1. The van der Waals surface area contributed by atoms with Crippen LogP contribution >= 0.6 is 23.2 Å². The predicted molar refractivity (Wildman–Crippen MR) is 90.4 cm³/mol. The standard InChI is InChI=1S/C15H17Cl2N5O2/c1-10-19-13(24-20-10)2-3-14(23)21-4-6-22(7-5-21)15-12(17)8-11(16)9-18-15/h8-9H,2-7H2,1H3. The van der Waals surface area contributed by atoms with Crippen molar-refractivity contribution >= 4 is 34.9 Å². The second-order valence-corrected chi connectivity index (χ2v) is 6.41. The van der Waals surface area contributed by atoms with Gasteiger partial charge in [0.15, 0.2) is 5.82 Å². The number of carbonyl (C=O) groups is 1. The van der Waals surface area contributed by atoms with E-state index in [4.69, 9.17) is 27.7 Å². The van der Waals surface area contributed by atoms with Crippen LogP contribution < -0.4 is 4.90 Å². The van der Waals surface area contributed by atoms with E-state index in [1.807, 2.05) is 4.90 Å². The number of nitrogens with zero attached hydrogens (tertiary/aromatic N) is 5. The molecule has 0 N–H and O–H groups in total. The van der Waals surface area contributed by atoms with Crippen LogP contribution in [0.15, 0.2) is 16.8 Å². The largest absolute Gasteiger partial charge is 0.352 e. The Hall–Kier alpha value is -1.86. The first-order valence-electron chi connectivity index (χ1n) is 7.66. The van der Waals surface area contributed by atoms with E-state index in [1.165, 1.54) is 0 Å². The van der Waals surface area contributed by atoms with Crippen LogP contribution in [-0.2, 0) is 11.2 Å². The highest BCUT2D eigenvalue weighted by atomic mass is 35.5. The van der Waals surface area contributed by atoms with Gasteiger partial charge in [0.05, 0.1) is 10.0 Å². The Morgan fingerprint density at radius 2 is 2.04 bits per heavy atom. The van der Waals surface area contributed by atoms with Gasteiger partial charge in [0.1, 0.15) is 5.82 Å². The maximum atomic E-state index is 12.3. The molecule has 0 radical (unpaired) electrons. The van der Waals surface area contributed by atoms with Crippen LogP contribution in [0.1, 0.15) is 18.1 Å². The van der Waals surface area contributed by atoms with Gasteiger partial charge in [0.2, 0.25) is 11.8 Å². The summed E-state index contributed by atoms with van der Waals surface area (Å²) in [5.41, 5.74) is 0. The number of hydrogen-bond acceptors (Lipinski definition) is 6. The van der Waals surface area contributed by atoms with Crippen LogP contribution in [0.2, 0.25) is 10.0 Å². The zero-order valence-corrected chi connectivity index (χ0v) is 14.7. The first-order chi connectivity index (χ1) is 11.5. The van der Waals surface area contributed by atoms with Crippen molar-refractivity contribution in [1.29, 1.82) is 0 Å². The molecule has 1 amide bonds. The molecule has 3 heterocycles. The van der Waals surface area contributed by atoms with E-state index in [2.05, 4.69) is 20.0 Å². The van der Waals surface area contributed by atoms with Crippen molar-refractivity contribution in [2.75, 3.05) is 31.1 Å². The average molecular weight is 370 g/mol. The molecule has 9 heteroatoms. The number of carbonyl (C=O) groups excluding carboxylic acids is 1. The molecule has 128 valence electrons. The first-order valence-corrected chi connectivity index (χ1v) is 8.41. The van der Waals surface area contributed by atoms with Crippen molar-refractivity contribution < 1.29 is 9.32 Å². The average Bonchev–Trinajstić information content (AvgIpc) is 2.98. The molecule has 0 atom stereocenters. The second-order valence-electron chi connectivity index (χ2n) is 5.56. The summed E-state index contributed by atoms with van der Waals surface area (Å²) in [5.74, 6) is 1.87. The number of piperazine rings is 1. The molecule has 3 rings (SSSR count). The summed E-state index contributed by atoms with van der Waals surface area (Å²) in [6.07, 6.45) is 2.40. The van der Waals surface area contributed by atoms with E-state index >= 15 is 0 Å². The van der Waals surface area contributed by atoms with Gasteiger partial charge in [0, 0.05) is 45.2 Å². The van der Waals surface area contributed by atoms with Gasteiger partial charge in [-0.25, -0.2) is 4.98 Å². The fourth-order valence-corrected chi connectivity index (χ4v) is 3.12. The minimum atomic E-state index is 0.0839. The van der Waals surface area contributed by atoms with Gasteiger partial charge >= 0.3 is 0 Å². The van der Waals surface area contributed by atoms with Gasteiger partial charge in [-0.2, -0.15) is 4.98 Å². The molecular formula is C15H17Cl2N5O2. The molecule has 2 aromatic heterocycles. The third kappa shape index (κ3) is 3.96. The lowest BCUT2D eigenvalue weighted by atomic mass is 10.2. The van der Waals surface area contributed by atoms with E-state index in [0.29, 0.717) is 66.6 Å². The lowest BCUT2D eigenvalue weighted by Crippen LogP contribution is -2.49. The normalized spacial score (nSPS) is 15.0. The molecule has 1 aliphatic rings. The molecule has 0 aromatic carbocycles. The molecule has 0 bridgehead atoms. The Bertz CT molecular complexity index is 728. The molecule has 1 saturated heterocycles. The summed E-state index contributed by atoms with van der Waals surface area (Å²) in [7, 11) is 0. The molecule has 2 aromatic rings. The number of pyridine rings is 1. The minimum Gasteiger partial charge on any atom is -0.352 e. The Morgan fingerprint density at radius 3 is 2.67 bits per heavy atom. The lowest BCUT2D eigenvalue weighted by molar-refractivity contribution is -0.131. The van der Waals surface area contributed by atoms with Crippen molar-refractivity contribution in [3.63, 3.8) is 0 Å². The van der Waals surface area contributed by atoms with E-state index in [-0.39, 0.29) is 5.91 Å². The maximum absolute atomic E-state index is 12.3.